The van der Waals surface area contributed by atoms with Crippen LogP contribution in [-0.2, 0) is 28.6 Å². The first-order valence-electron chi connectivity index (χ1n) is 22.8. The molecule has 6 nitrogen and oxygen atoms in total. The summed E-state index contributed by atoms with van der Waals surface area (Å²) in [5.74, 6) is -0.904. The van der Waals surface area contributed by atoms with Crippen molar-refractivity contribution in [1.82, 2.24) is 0 Å². The maximum absolute atomic E-state index is 12.5. The lowest BCUT2D eigenvalue weighted by molar-refractivity contribution is -0.167. The molecule has 0 unspecified atom stereocenters. The van der Waals surface area contributed by atoms with Gasteiger partial charge in [-0.15, -0.1) is 0 Å². The van der Waals surface area contributed by atoms with Gasteiger partial charge in [0.2, 0.25) is 0 Å². The van der Waals surface area contributed by atoms with Crippen LogP contribution in [0.4, 0.5) is 0 Å². The fraction of sp³-hybridized carbons (Fsp3) is 0.851. The van der Waals surface area contributed by atoms with Gasteiger partial charge in [0, 0.05) is 19.3 Å². The van der Waals surface area contributed by atoms with Gasteiger partial charge < -0.3 is 14.2 Å². The largest absolute Gasteiger partial charge is 0.462 e. The summed E-state index contributed by atoms with van der Waals surface area (Å²) in [4.78, 5) is 37.4. The van der Waals surface area contributed by atoms with Gasteiger partial charge in [-0.3, -0.25) is 14.4 Å². The number of rotatable bonds is 41. The van der Waals surface area contributed by atoms with E-state index in [4.69, 9.17) is 14.2 Å². The summed E-state index contributed by atoms with van der Waals surface area (Å²) in [6.07, 6.45) is 46.2. The van der Waals surface area contributed by atoms with Crippen molar-refractivity contribution in [2.24, 2.45) is 0 Å². The lowest BCUT2D eigenvalue weighted by Crippen LogP contribution is -2.30. The van der Waals surface area contributed by atoms with Gasteiger partial charge in [0.15, 0.2) is 6.10 Å². The highest BCUT2D eigenvalue weighted by atomic mass is 16.6. The fourth-order valence-electron chi connectivity index (χ4n) is 6.43. The average Bonchev–Trinajstić information content (AvgIpc) is 3.15. The van der Waals surface area contributed by atoms with E-state index in [9.17, 15) is 14.4 Å². The van der Waals surface area contributed by atoms with Crippen LogP contribution in [0, 0.1) is 0 Å². The average molecular weight is 747 g/mol. The molecule has 0 spiro atoms. The van der Waals surface area contributed by atoms with Crippen molar-refractivity contribution in [1.29, 1.82) is 0 Å². The zero-order valence-electron chi connectivity index (χ0n) is 35.3. The van der Waals surface area contributed by atoms with Crippen LogP contribution in [0.25, 0.3) is 0 Å². The topological polar surface area (TPSA) is 78.9 Å². The van der Waals surface area contributed by atoms with E-state index in [1.807, 2.05) is 0 Å². The van der Waals surface area contributed by atoms with E-state index in [2.05, 4.69) is 45.1 Å². The molecule has 0 aliphatic heterocycles. The van der Waals surface area contributed by atoms with Gasteiger partial charge in [-0.25, -0.2) is 0 Å². The van der Waals surface area contributed by atoms with E-state index in [1.54, 1.807) is 0 Å². The summed E-state index contributed by atoms with van der Waals surface area (Å²) >= 11 is 0. The van der Waals surface area contributed by atoms with E-state index < -0.39 is 6.10 Å². The predicted molar refractivity (Wildman–Crippen MR) is 224 cm³/mol. The highest BCUT2D eigenvalue weighted by Crippen LogP contribution is 2.13. The molecule has 0 radical (unpaired) electrons. The quantitative estimate of drug-likeness (QED) is 0.0268. The zero-order valence-corrected chi connectivity index (χ0v) is 35.3. The summed E-state index contributed by atoms with van der Waals surface area (Å²) in [6, 6.07) is 0. The van der Waals surface area contributed by atoms with Crippen molar-refractivity contribution < 1.29 is 28.6 Å². The molecule has 0 aromatic heterocycles. The molecular weight excluding hydrogens is 661 g/mol. The Hall–Kier alpha value is -2.11. The summed E-state index contributed by atoms with van der Waals surface area (Å²) in [5.41, 5.74) is 0. The summed E-state index contributed by atoms with van der Waals surface area (Å²) < 4.78 is 16.6. The summed E-state index contributed by atoms with van der Waals surface area (Å²) in [7, 11) is 0. The molecule has 0 aliphatic carbocycles. The second-order valence-electron chi connectivity index (χ2n) is 15.3. The minimum absolute atomic E-state index is 0.0772. The molecule has 0 amide bonds. The Morgan fingerprint density at radius 3 is 0.943 bits per heavy atom. The monoisotopic (exact) mass is 747 g/mol. The molecule has 0 atom stereocenters. The third kappa shape index (κ3) is 40.9. The van der Waals surface area contributed by atoms with Crippen molar-refractivity contribution >= 4 is 17.9 Å². The van der Waals surface area contributed by atoms with Crippen LogP contribution >= 0.6 is 0 Å². The molecule has 0 rings (SSSR count). The van der Waals surface area contributed by atoms with Gasteiger partial charge in [0.25, 0.3) is 0 Å². The fourth-order valence-corrected chi connectivity index (χ4v) is 6.43. The van der Waals surface area contributed by atoms with E-state index in [-0.39, 0.29) is 31.1 Å². The molecular formula is C47H86O6. The number of ether oxygens (including phenoxy) is 3. The SMILES string of the molecule is CCCCCCCCC=CCCCCCCCC(=O)OCC(COC(=O)CCCCCCCC=CCCCCCCCC)OC(=O)CCCCCCC. The Labute approximate surface area is 328 Å². The second kappa shape index (κ2) is 42.6. The Morgan fingerprint density at radius 1 is 0.358 bits per heavy atom. The van der Waals surface area contributed by atoms with E-state index >= 15 is 0 Å². The van der Waals surface area contributed by atoms with Crippen molar-refractivity contribution in [3.05, 3.63) is 24.3 Å². The Bertz CT molecular complexity index is 809. The third-order valence-corrected chi connectivity index (χ3v) is 9.93. The lowest BCUT2D eigenvalue weighted by Gasteiger charge is -2.18. The molecule has 0 N–H and O–H groups in total. The van der Waals surface area contributed by atoms with Crippen molar-refractivity contribution in [3.8, 4) is 0 Å². The molecule has 0 heterocycles. The molecule has 0 saturated carbocycles. The smallest absolute Gasteiger partial charge is 0.306 e. The first-order valence-corrected chi connectivity index (χ1v) is 22.8. The molecule has 0 fully saturated rings. The number of allylic oxidation sites excluding steroid dienone is 4. The Kier molecular flexibility index (Phi) is 40.9. The number of unbranched alkanes of at least 4 members (excludes halogenated alkanes) is 26. The van der Waals surface area contributed by atoms with E-state index in [0.717, 1.165) is 83.5 Å². The molecule has 310 valence electrons. The molecule has 0 aromatic carbocycles. The second-order valence-corrected chi connectivity index (χ2v) is 15.3. The summed E-state index contributed by atoms with van der Waals surface area (Å²) in [5, 5.41) is 0. The number of esters is 3. The number of carbonyl (C=O) groups excluding carboxylic acids is 3. The first-order chi connectivity index (χ1) is 26.0. The van der Waals surface area contributed by atoms with Gasteiger partial charge in [0.05, 0.1) is 0 Å². The predicted octanol–water partition coefficient (Wildman–Crippen LogP) is 14.4. The summed E-state index contributed by atoms with van der Waals surface area (Å²) in [6.45, 7) is 6.53. The normalized spacial score (nSPS) is 12.1. The third-order valence-electron chi connectivity index (χ3n) is 9.93. The van der Waals surface area contributed by atoms with Gasteiger partial charge in [0.1, 0.15) is 13.2 Å². The number of hydrogen-bond donors (Lipinski definition) is 0. The van der Waals surface area contributed by atoms with Crippen LogP contribution in [-0.4, -0.2) is 37.2 Å². The van der Waals surface area contributed by atoms with Crippen LogP contribution in [0.15, 0.2) is 24.3 Å². The molecule has 0 saturated heterocycles. The minimum Gasteiger partial charge on any atom is -0.462 e. The van der Waals surface area contributed by atoms with Crippen molar-refractivity contribution in [2.75, 3.05) is 13.2 Å². The Morgan fingerprint density at radius 2 is 0.623 bits per heavy atom. The first kappa shape index (κ1) is 50.9. The Balaban J connectivity index is 4.18. The van der Waals surface area contributed by atoms with Crippen LogP contribution in [0.3, 0.4) is 0 Å². The zero-order chi connectivity index (χ0) is 38.7. The molecule has 53 heavy (non-hydrogen) atoms. The maximum atomic E-state index is 12.5. The molecule has 0 aliphatic rings. The van der Waals surface area contributed by atoms with Crippen LogP contribution in [0.5, 0.6) is 0 Å². The minimum atomic E-state index is -0.769. The number of hydrogen-bond acceptors (Lipinski definition) is 6. The van der Waals surface area contributed by atoms with Gasteiger partial charge in [-0.05, 0) is 70.6 Å². The van der Waals surface area contributed by atoms with Gasteiger partial charge in [-0.2, -0.15) is 0 Å². The highest BCUT2D eigenvalue weighted by Gasteiger charge is 2.19. The van der Waals surface area contributed by atoms with E-state index in [0.29, 0.717) is 19.3 Å². The van der Waals surface area contributed by atoms with Gasteiger partial charge >= 0.3 is 17.9 Å². The van der Waals surface area contributed by atoms with Crippen LogP contribution in [0.1, 0.15) is 239 Å². The van der Waals surface area contributed by atoms with Crippen molar-refractivity contribution in [2.45, 2.75) is 245 Å². The molecule has 0 aromatic rings. The lowest BCUT2D eigenvalue weighted by atomic mass is 10.1. The van der Waals surface area contributed by atoms with Gasteiger partial charge in [-0.1, -0.05) is 173 Å². The van der Waals surface area contributed by atoms with E-state index in [1.165, 1.54) is 116 Å². The highest BCUT2D eigenvalue weighted by molar-refractivity contribution is 5.71. The van der Waals surface area contributed by atoms with Crippen LogP contribution in [0.2, 0.25) is 0 Å². The molecule has 0 bridgehead atoms. The van der Waals surface area contributed by atoms with Crippen molar-refractivity contribution in [3.63, 3.8) is 0 Å². The van der Waals surface area contributed by atoms with Crippen LogP contribution < -0.4 is 0 Å². The number of carbonyl (C=O) groups is 3. The molecule has 6 heteroatoms. The maximum Gasteiger partial charge on any atom is 0.306 e. The standard InChI is InChI=1S/C47H86O6/c1-4-7-10-13-15-17-19-21-23-25-27-29-31-34-36-39-45(48)51-42-44(53-47(50)41-38-33-12-9-6-3)43-52-46(49)40-37-35-32-30-28-26-24-22-20-18-16-14-11-8-5-2/h21-24,44H,4-20,25-43H2,1-3H3.